The number of ether oxygens (including phenoxy) is 2. The number of likely N-dealkylation sites (N-methyl/N-ethyl adjacent to an activating group) is 1. The highest BCUT2D eigenvalue weighted by molar-refractivity contribution is 7.80. The fourth-order valence-corrected chi connectivity index (χ4v) is 4.15. The summed E-state index contributed by atoms with van der Waals surface area (Å²) in [5.74, 6) is 1.52. The van der Waals surface area contributed by atoms with E-state index >= 15 is 0 Å². The average Bonchev–Trinajstić information content (AvgIpc) is 3.30. The van der Waals surface area contributed by atoms with Crippen molar-refractivity contribution in [2.45, 2.75) is 32.8 Å². The van der Waals surface area contributed by atoms with E-state index in [0.29, 0.717) is 24.0 Å². The summed E-state index contributed by atoms with van der Waals surface area (Å²) in [5, 5.41) is 3.43. The third-order valence-corrected chi connectivity index (χ3v) is 5.68. The van der Waals surface area contributed by atoms with Gasteiger partial charge in [0.1, 0.15) is 23.8 Å². The quantitative estimate of drug-likeness (QED) is 0.581. The molecule has 29 heavy (non-hydrogen) atoms. The van der Waals surface area contributed by atoms with E-state index in [1.54, 1.807) is 12.0 Å². The Morgan fingerprint density at radius 3 is 2.76 bits per heavy atom. The number of hydrogen-bond donors (Lipinski definition) is 1. The summed E-state index contributed by atoms with van der Waals surface area (Å²) in [6, 6.07) is 12.1. The molecule has 150 valence electrons. The first kappa shape index (κ1) is 19.5. The molecule has 1 aliphatic heterocycles. The maximum absolute atomic E-state index is 12.4. The second kappa shape index (κ2) is 8.25. The molecule has 2 aliphatic rings. The maximum atomic E-state index is 12.4. The molecule has 5 nitrogen and oxygen atoms in total. The molecule has 2 aromatic rings. The number of rotatable bonds is 6. The third kappa shape index (κ3) is 3.98. The molecule has 1 heterocycles. The van der Waals surface area contributed by atoms with Crippen LogP contribution in [0.1, 0.15) is 35.6 Å². The van der Waals surface area contributed by atoms with E-state index in [0.717, 1.165) is 35.5 Å². The summed E-state index contributed by atoms with van der Waals surface area (Å²) >= 11 is 5.22. The fraction of sp³-hybridized carbons (Fsp3) is 0.304. The van der Waals surface area contributed by atoms with Crippen LogP contribution in [0.15, 0.2) is 42.1 Å². The maximum Gasteiger partial charge on any atom is 0.276 e. The number of benzene rings is 2. The van der Waals surface area contributed by atoms with Crippen molar-refractivity contribution in [3.8, 4) is 11.5 Å². The molecule has 0 unspecified atom stereocenters. The first-order valence-corrected chi connectivity index (χ1v) is 10.3. The highest BCUT2D eigenvalue weighted by Crippen LogP contribution is 2.28. The first-order chi connectivity index (χ1) is 14.1. The number of thiocarbonyl (C=S) groups is 1. The van der Waals surface area contributed by atoms with Crippen LogP contribution in [0.4, 0.5) is 0 Å². The SMILES string of the molecule is CCN1C(=O)/C(=C\c2ccc(OC)c(COc3ccc4c(c3)CCC4)c2)NC1=S. The molecule has 0 bridgehead atoms. The topological polar surface area (TPSA) is 50.8 Å². The molecular weight excluding hydrogens is 384 g/mol. The summed E-state index contributed by atoms with van der Waals surface area (Å²) in [6.07, 6.45) is 5.31. The molecule has 6 heteroatoms. The minimum absolute atomic E-state index is 0.107. The standard InChI is InChI=1S/C23H24N2O3S/c1-3-25-22(26)20(24-23(25)29)12-15-7-10-21(27-2)18(11-15)14-28-19-9-8-16-5-4-6-17(16)13-19/h7-13H,3-6,14H2,1-2H3,(H,24,29)/b20-12+. The van der Waals surface area contributed by atoms with Gasteiger partial charge in [0.2, 0.25) is 0 Å². The van der Waals surface area contributed by atoms with E-state index in [2.05, 4.69) is 17.4 Å². The Morgan fingerprint density at radius 2 is 2.00 bits per heavy atom. The van der Waals surface area contributed by atoms with Gasteiger partial charge in [-0.2, -0.15) is 0 Å². The number of hydrogen-bond acceptors (Lipinski definition) is 4. The summed E-state index contributed by atoms with van der Waals surface area (Å²) < 4.78 is 11.5. The van der Waals surface area contributed by atoms with Gasteiger partial charge in [0.05, 0.1) is 7.11 Å². The van der Waals surface area contributed by atoms with Crippen LogP contribution in [0, 0.1) is 0 Å². The smallest absolute Gasteiger partial charge is 0.276 e. The van der Waals surface area contributed by atoms with Gasteiger partial charge < -0.3 is 14.8 Å². The van der Waals surface area contributed by atoms with Crippen molar-refractivity contribution in [2.24, 2.45) is 0 Å². The van der Waals surface area contributed by atoms with Crippen molar-refractivity contribution >= 4 is 29.3 Å². The Balaban J connectivity index is 1.53. The molecule has 0 aromatic heterocycles. The molecule has 1 fully saturated rings. The second-order valence-electron chi connectivity index (χ2n) is 7.18. The Morgan fingerprint density at radius 1 is 1.17 bits per heavy atom. The van der Waals surface area contributed by atoms with Gasteiger partial charge in [0.25, 0.3) is 5.91 Å². The van der Waals surface area contributed by atoms with Crippen molar-refractivity contribution in [1.82, 2.24) is 10.2 Å². The minimum atomic E-state index is -0.107. The molecule has 1 amide bonds. The van der Waals surface area contributed by atoms with E-state index in [1.807, 2.05) is 37.3 Å². The van der Waals surface area contributed by atoms with Crippen molar-refractivity contribution in [3.05, 3.63) is 64.3 Å². The van der Waals surface area contributed by atoms with Gasteiger partial charge in [-0.3, -0.25) is 9.69 Å². The van der Waals surface area contributed by atoms with Crippen LogP contribution in [0.2, 0.25) is 0 Å². The van der Waals surface area contributed by atoms with E-state index in [-0.39, 0.29) is 5.91 Å². The number of carbonyl (C=O) groups excluding carboxylic acids is 1. The second-order valence-corrected chi connectivity index (χ2v) is 7.57. The Bertz CT molecular complexity index is 1000. The van der Waals surface area contributed by atoms with E-state index in [4.69, 9.17) is 21.7 Å². The number of methoxy groups -OCH3 is 1. The molecular formula is C23H24N2O3S. The number of fused-ring (bicyclic) bond motifs is 1. The van der Waals surface area contributed by atoms with E-state index in [1.165, 1.54) is 17.5 Å². The minimum Gasteiger partial charge on any atom is -0.496 e. The molecule has 0 atom stereocenters. The van der Waals surface area contributed by atoms with Crippen LogP contribution in [0.3, 0.4) is 0 Å². The molecule has 4 rings (SSSR count). The lowest BCUT2D eigenvalue weighted by molar-refractivity contribution is -0.122. The lowest BCUT2D eigenvalue weighted by Gasteiger charge is -2.12. The summed E-state index contributed by atoms with van der Waals surface area (Å²) in [7, 11) is 1.64. The molecule has 0 radical (unpaired) electrons. The normalized spacial score (nSPS) is 16.9. The van der Waals surface area contributed by atoms with Crippen LogP contribution in [0.5, 0.6) is 11.5 Å². The highest BCUT2D eigenvalue weighted by Gasteiger charge is 2.29. The zero-order chi connectivity index (χ0) is 20.4. The summed E-state index contributed by atoms with van der Waals surface area (Å²) in [4.78, 5) is 14.0. The predicted molar refractivity (Wildman–Crippen MR) is 117 cm³/mol. The zero-order valence-corrected chi connectivity index (χ0v) is 17.5. The Kier molecular flexibility index (Phi) is 5.53. The molecule has 1 N–H and O–H groups in total. The fourth-order valence-electron chi connectivity index (χ4n) is 3.83. The summed E-state index contributed by atoms with van der Waals surface area (Å²) in [5.41, 5.74) is 5.09. The Hall–Kier alpha value is -2.86. The number of amides is 1. The third-order valence-electron chi connectivity index (χ3n) is 5.36. The number of aryl methyl sites for hydroxylation is 2. The van der Waals surface area contributed by atoms with Gasteiger partial charge in [-0.15, -0.1) is 0 Å². The van der Waals surface area contributed by atoms with Gasteiger partial charge in [0, 0.05) is 12.1 Å². The lowest BCUT2D eigenvalue weighted by atomic mass is 10.1. The van der Waals surface area contributed by atoms with Gasteiger partial charge in [-0.05, 0) is 85.4 Å². The molecule has 0 spiro atoms. The van der Waals surface area contributed by atoms with E-state index in [9.17, 15) is 4.79 Å². The highest BCUT2D eigenvalue weighted by atomic mass is 32.1. The molecule has 1 saturated heterocycles. The van der Waals surface area contributed by atoms with Crippen molar-refractivity contribution < 1.29 is 14.3 Å². The van der Waals surface area contributed by atoms with Crippen LogP contribution in [0.25, 0.3) is 6.08 Å². The van der Waals surface area contributed by atoms with Gasteiger partial charge >= 0.3 is 0 Å². The van der Waals surface area contributed by atoms with Crippen molar-refractivity contribution in [1.29, 1.82) is 0 Å². The number of carbonyl (C=O) groups is 1. The van der Waals surface area contributed by atoms with Crippen LogP contribution >= 0.6 is 12.2 Å². The largest absolute Gasteiger partial charge is 0.496 e. The summed E-state index contributed by atoms with van der Waals surface area (Å²) in [6.45, 7) is 2.83. The number of nitrogens with zero attached hydrogens (tertiary/aromatic N) is 1. The van der Waals surface area contributed by atoms with Crippen molar-refractivity contribution in [2.75, 3.05) is 13.7 Å². The monoisotopic (exact) mass is 408 g/mol. The molecule has 2 aromatic carbocycles. The first-order valence-electron chi connectivity index (χ1n) is 9.85. The van der Waals surface area contributed by atoms with E-state index < -0.39 is 0 Å². The zero-order valence-electron chi connectivity index (χ0n) is 16.7. The lowest BCUT2D eigenvalue weighted by Crippen LogP contribution is -2.30. The van der Waals surface area contributed by atoms with Gasteiger partial charge in [-0.1, -0.05) is 12.1 Å². The average molecular weight is 409 g/mol. The van der Waals surface area contributed by atoms with Gasteiger partial charge in [-0.25, -0.2) is 0 Å². The van der Waals surface area contributed by atoms with Crippen LogP contribution < -0.4 is 14.8 Å². The predicted octanol–water partition coefficient (Wildman–Crippen LogP) is 3.84. The molecule has 0 saturated carbocycles. The Labute approximate surface area is 176 Å². The van der Waals surface area contributed by atoms with Crippen LogP contribution in [-0.4, -0.2) is 29.6 Å². The van der Waals surface area contributed by atoms with Gasteiger partial charge in [0.15, 0.2) is 5.11 Å². The number of nitrogens with one attached hydrogen (secondary N) is 1. The molecule has 1 aliphatic carbocycles. The van der Waals surface area contributed by atoms with Crippen molar-refractivity contribution in [3.63, 3.8) is 0 Å². The van der Waals surface area contributed by atoms with Crippen LogP contribution in [-0.2, 0) is 24.2 Å².